The number of carboxylic acid groups (broad SMARTS) is 2. The van der Waals surface area contributed by atoms with Crippen molar-refractivity contribution in [1.29, 1.82) is 0 Å². The van der Waals surface area contributed by atoms with Crippen molar-refractivity contribution in [2.45, 2.75) is 48.4 Å². The smallest absolute Gasteiger partial charge is 0.313 e. The fourth-order valence-electron chi connectivity index (χ4n) is 0.729. The van der Waals surface area contributed by atoms with Gasteiger partial charge in [0, 0.05) is 0 Å². The van der Waals surface area contributed by atoms with E-state index < -0.39 is 11.9 Å². The Hall–Kier alpha value is 0.439. The summed E-state index contributed by atoms with van der Waals surface area (Å²) < 4.78 is 3.25. The number of rotatable bonds is 8. The Morgan fingerprint density at radius 3 is 1.32 bits per heavy atom. The van der Waals surface area contributed by atoms with Gasteiger partial charge in [-0.05, 0) is 0 Å². The maximum Gasteiger partial charge on any atom is 0.313 e. The summed E-state index contributed by atoms with van der Waals surface area (Å²) in [5.74, 6) is -1.93. The third kappa shape index (κ3) is 45.7. The van der Waals surface area contributed by atoms with E-state index in [1.54, 1.807) is 8.87 Å². The van der Waals surface area contributed by atoms with Crippen molar-refractivity contribution in [3.05, 3.63) is 0 Å². The Bertz CT molecular complexity index is 184. The molecule has 19 heavy (non-hydrogen) atoms. The molecule has 0 atom stereocenters. The van der Waals surface area contributed by atoms with E-state index in [4.69, 9.17) is 10.2 Å². The third-order valence-electron chi connectivity index (χ3n) is 1.68. The van der Waals surface area contributed by atoms with Crippen LogP contribution in [0.5, 0.6) is 0 Å². The minimum Gasteiger partial charge on any atom is -0.481 e. The van der Waals surface area contributed by atoms with E-state index >= 15 is 0 Å². The molecule has 7 heteroatoms. The van der Waals surface area contributed by atoms with Gasteiger partial charge in [0.05, 0.1) is 11.5 Å². The summed E-state index contributed by atoms with van der Waals surface area (Å²) in [5.41, 5.74) is 0. The molecule has 0 aromatic carbocycles. The largest absolute Gasteiger partial charge is 0.481 e. The predicted molar refractivity (Wildman–Crippen MR) is 88.2 cm³/mol. The number of hydrogen-bond acceptors (Lipinski definition) is 4. The van der Waals surface area contributed by atoms with E-state index in [9.17, 15) is 9.59 Å². The quantitative estimate of drug-likeness (QED) is 0.278. The zero-order chi connectivity index (χ0) is 15.5. The van der Waals surface area contributed by atoms with Crippen LogP contribution in [0.4, 0.5) is 0 Å². The van der Waals surface area contributed by atoms with Crippen molar-refractivity contribution in [1.82, 2.24) is 0 Å². The van der Waals surface area contributed by atoms with Crippen molar-refractivity contribution in [2.24, 2.45) is 0 Å². The number of carboxylic acids is 2. The first kappa shape index (κ1) is 24.5. The topological polar surface area (TPSA) is 74.6 Å². The van der Waals surface area contributed by atoms with Crippen molar-refractivity contribution in [3.8, 4) is 0 Å². The summed E-state index contributed by atoms with van der Waals surface area (Å²) in [6.07, 6.45) is 5.84. The molecule has 2 radical (unpaired) electrons. The minimum absolute atomic E-state index is 0.0833. The average Bonchev–Trinajstić information content (AvgIpc) is 2.40. The second-order valence-electron chi connectivity index (χ2n) is 3.56. The van der Waals surface area contributed by atoms with E-state index in [2.05, 4.69) is 39.1 Å². The molecule has 0 aromatic rings. The average molecular weight is 417 g/mol. The fourth-order valence-corrected chi connectivity index (χ4v) is 4.89. The predicted octanol–water partition coefficient (Wildman–Crippen LogP) is 3.13. The molecular formula is C12H26O4S2Sn. The summed E-state index contributed by atoms with van der Waals surface area (Å²) >= 11 is 6.98. The normalized spacial score (nSPS) is 8.63. The Morgan fingerprint density at radius 1 is 0.895 bits per heavy atom. The summed E-state index contributed by atoms with van der Waals surface area (Å²) in [4.78, 5) is 18.6. The Morgan fingerprint density at radius 2 is 1.16 bits per heavy atom. The van der Waals surface area contributed by atoms with E-state index in [1.807, 2.05) is 0 Å². The number of hydrogen-bond donors (Lipinski definition) is 4. The van der Waals surface area contributed by atoms with Gasteiger partial charge in [0.2, 0.25) is 0 Å². The monoisotopic (exact) mass is 418 g/mol. The van der Waals surface area contributed by atoms with Crippen LogP contribution in [0.25, 0.3) is 0 Å². The molecule has 0 fully saturated rings. The van der Waals surface area contributed by atoms with Crippen LogP contribution in [0.2, 0.25) is 8.87 Å². The first-order chi connectivity index (χ1) is 8.95. The maximum absolute atomic E-state index is 9.29. The van der Waals surface area contributed by atoms with Gasteiger partial charge < -0.3 is 10.2 Å². The zero-order valence-electron chi connectivity index (χ0n) is 11.8. The fraction of sp³-hybridized carbons (Fsp3) is 0.833. The molecule has 0 unspecified atom stereocenters. The molecule has 114 valence electrons. The van der Waals surface area contributed by atoms with Crippen LogP contribution in [0.1, 0.15) is 39.5 Å². The van der Waals surface area contributed by atoms with Crippen LogP contribution in [-0.4, -0.2) is 54.8 Å². The van der Waals surface area contributed by atoms with Gasteiger partial charge in [0.1, 0.15) is 0 Å². The molecule has 0 aliphatic rings. The summed E-state index contributed by atoms with van der Waals surface area (Å²) in [7, 11) is 0. The van der Waals surface area contributed by atoms with Crippen molar-refractivity contribution >= 4 is 58.3 Å². The van der Waals surface area contributed by atoms with Crippen molar-refractivity contribution < 1.29 is 19.8 Å². The summed E-state index contributed by atoms with van der Waals surface area (Å²) in [5, 5.41) is 15.3. The molecule has 0 spiro atoms. The molecule has 0 heterocycles. The van der Waals surface area contributed by atoms with Crippen LogP contribution in [0.3, 0.4) is 0 Å². The van der Waals surface area contributed by atoms with Gasteiger partial charge in [0.15, 0.2) is 0 Å². The minimum atomic E-state index is -0.881. The number of unbranched alkanes of at least 4 members (excludes halogenated alkanes) is 2. The molecule has 0 aromatic heterocycles. The summed E-state index contributed by atoms with van der Waals surface area (Å²) in [6.45, 7) is 4.58. The SMILES string of the molecule is CCC[CH2][Sn][CH2]CCC.O=C(O)CS.O=C(O)CS. The second kappa shape index (κ2) is 23.5. The van der Waals surface area contributed by atoms with E-state index in [0.29, 0.717) is 0 Å². The van der Waals surface area contributed by atoms with Crippen LogP contribution >= 0.6 is 25.3 Å². The molecular weight excluding hydrogens is 391 g/mol. The molecule has 0 aliphatic carbocycles. The molecule has 0 aliphatic heterocycles. The van der Waals surface area contributed by atoms with Gasteiger partial charge in [0.25, 0.3) is 0 Å². The van der Waals surface area contributed by atoms with E-state index in [0.717, 1.165) is 0 Å². The maximum atomic E-state index is 9.29. The third-order valence-corrected chi connectivity index (χ3v) is 6.26. The van der Waals surface area contributed by atoms with Crippen molar-refractivity contribution in [2.75, 3.05) is 11.5 Å². The molecule has 2 N–H and O–H groups in total. The second-order valence-corrected chi connectivity index (χ2v) is 8.47. The Balaban J connectivity index is -0.000000219. The number of carbonyl (C=O) groups is 2. The van der Waals surface area contributed by atoms with Gasteiger partial charge >= 0.3 is 81.5 Å². The first-order valence-corrected chi connectivity index (χ1v) is 11.6. The first-order valence-electron chi connectivity index (χ1n) is 6.32. The van der Waals surface area contributed by atoms with Crippen LogP contribution in [-0.2, 0) is 9.59 Å². The standard InChI is InChI=1S/2C4H9.2C2H4O2S.Sn/c2*1-3-4-2;2*3-2(4)1-5;/h2*1,3-4H2,2H3;2*5H,1H2,(H,3,4);. The molecule has 0 rings (SSSR count). The van der Waals surface area contributed by atoms with Crippen LogP contribution < -0.4 is 0 Å². The number of thiol groups is 2. The van der Waals surface area contributed by atoms with Crippen LogP contribution in [0.15, 0.2) is 0 Å². The Kier molecular flexibility index (Phi) is 30.3. The molecule has 0 saturated carbocycles. The molecule has 0 bridgehead atoms. The van der Waals surface area contributed by atoms with Gasteiger partial charge in [-0.3, -0.25) is 9.59 Å². The van der Waals surface area contributed by atoms with Gasteiger partial charge in [-0.15, -0.1) is 0 Å². The van der Waals surface area contributed by atoms with Crippen molar-refractivity contribution in [3.63, 3.8) is 0 Å². The van der Waals surface area contributed by atoms with Crippen LogP contribution in [0, 0.1) is 0 Å². The summed E-state index contributed by atoms with van der Waals surface area (Å²) in [6, 6.07) is 0. The van der Waals surface area contributed by atoms with Gasteiger partial charge in [-0.1, -0.05) is 0 Å². The Labute approximate surface area is 137 Å². The molecule has 0 amide bonds. The van der Waals surface area contributed by atoms with Gasteiger partial charge in [-0.25, -0.2) is 0 Å². The molecule has 0 saturated heterocycles. The van der Waals surface area contributed by atoms with E-state index in [1.165, 1.54) is 25.7 Å². The van der Waals surface area contributed by atoms with Gasteiger partial charge in [-0.2, -0.15) is 25.3 Å². The zero-order valence-corrected chi connectivity index (χ0v) is 16.4. The molecule has 4 nitrogen and oxygen atoms in total. The van der Waals surface area contributed by atoms with E-state index in [-0.39, 0.29) is 32.6 Å². The number of aliphatic carboxylic acids is 2.